The SMILES string of the molecule is CCc1cc(-c2ccc(OC)cc2)c(O)c2c1CC1(O)CC3(O)CC(=O)C(C(=O)O)=C(O)C3(O)C(=O)C1=C2O. The predicted molar refractivity (Wildman–Crippen MR) is 134 cm³/mol. The first-order valence-corrected chi connectivity index (χ1v) is 12.1. The van der Waals surface area contributed by atoms with Crippen molar-refractivity contribution in [3.05, 3.63) is 63.9 Å². The maximum absolute atomic E-state index is 13.7. The summed E-state index contributed by atoms with van der Waals surface area (Å²) in [4.78, 5) is 37.8. The number of hydrogen-bond acceptors (Lipinski definition) is 10. The van der Waals surface area contributed by atoms with Gasteiger partial charge in [0.05, 0.1) is 18.2 Å². The molecule has 2 aromatic carbocycles. The van der Waals surface area contributed by atoms with Crippen LogP contribution in [0.1, 0.15) is 36.5 Å². The number of benzene rings is 2. The Kier molecular flexibility index (Phi) is 5.69. The number of rotatable bonds is 4. The first-order chi connectivity index (χ1) is 18.2. The average Bonchev–Trinajstić information content (AvgIpc) is 2.86. The number of carboxylic acids is 1. The van der Waals surface area contributed by atoms with Crippen LogP contribution in [-0.2, 0) is 27.2 Å². The van der Waals surface area contributed by atoms with Crippen LogP contribution in [0.15, 0.2) is 47.2 Å². The fourth-order valence-corrected chi connectivity index (χ4v) is 6.14. The molecule has 7 N–H and O–H groups in total. The van der Waals surface area contributed by atoms with E-state index in [1.807, 2.05) is 0 Å². The second-order valence-corrected chi connectivity index (χ2v) is 10.2. The highest BCUT2D eigenvalue weighted by atomic mass is 16.5. The topological polar surface area (TPSA) is 202 Å². The van der Waals surface area contributed by atoms with E-state index in [0.29, 0.717) is 28.9 Å². The number of methoxy groups -OCH3 is 1. The van der Waals surface area contributed by atoms with Gasteiger partial charge in [-0.1, -0.05) is 19.1 Å². The number of aliphatic hydroxyl groups is 5. The van der Waals surface area contributed by atoms with Gasteiger partial charge in [-0.05, 0) is 41.3 Å². The van der Waals surface area contributed by atoms with Gasteiger partial charge >= 0.3 is 5.97 Å². The number of carbonyl (C=O) groups excluding carboxylic acids is 2. The minimum atomic E-state index is -3.35. The van der Waals surface area contributed by atoms with E-state index in [2.05, 4.69) is 0 Å². The summed E-state index contributed by atoms with van der Waals surface area (Å²) in [5.41, 5.74) is -9.02. The number of phenols is 1. The standard InChI is InChI=1S/C28H26O11/c1-3-12-8-15(13-4-6-14(39-2)7-5-13)21(30)18-16(12)9-26(36)11-27(37)10-17(29)19(25(34)35)23(32)28(27,38)24(33)20(26)22(18)31/h4-8,30-32,36-38H,3,9-11H2,1-2H3,(H,34,35). The van der Waals surface area contributed by atoms with Gasteiger partial charge in [-0.15, -0.1) is 0 Å². The van der Waals surface area contributed by atoms with Gasteiger partial charge in [0, 0.05) is 24.8 Å². The predicted octanol–water partition coefficient (Wildman–Crippen LogP) is 1.49. The van der Waals surface area contributed by atoms with E-state index in [9.17, 15) is 50.1 Å². The lowest BCUT2D eigenvalue weighted by molar-refractivity contribution is -0.200. The summed E-state index contributed by atoms with van der Waals surface area (Å²) >= 11 is 0. The quantitative estimate of drug-likeness (QED) is 0.278. The van der Waals surface area contributed by atoms with Crippen molar-refractivity contribution < 1.29 is 54.9 Å². The lowest BCUT2D eigenvalue weighted by atomic mass is 9.55. The van der Waals surface area contributed by atoms with Crippen LogP contribution in [0.4, 0.5) is 0 Å². The molecule has 5 rings (SSSR count). The van der Waals surface area contributed by atoms with Gasteiger partial charge in [0.1, 0.15) is 34.0 Å². The van der Waals surface area contributed by atoms with Gasteiger partial charge in [-0.25, -0.2) is 4.79 Å². The van der Waals surface area contributed by atoms with Crippen LogP contribution in [0.3, 0.4) is 0 Å². The Hall–Kier alpha value is -4.19. The van der Waals surface area contributed by atoms with Crippen molar-refractivity contribution in [2.45, 2.75) is 49.4 Å². The Balaban J connectivity index is 1.78. The second-order valence-electron chi connectivity index (χ2n) is 10.2. The molecule has 0 aliphatic heterocycles. The highest BCUT2D eigenvalue weighted by Gasteiger charge is 2.71. The third-order valence-electron chi connectivity index (χ3n) is 8.03. The van der Waals surface area contributed by atoms with E-state index < -0.39 is 82.0 Å². The number of aryl methyl sites for hydroxylation is 1. The first kappa shape index (κ1) is 26.4. The van der Waals surface area contributed by atoms with Crippen LogP contribution in [0.25, 0.3) is 16.9 Å². The molecule has 3 unspecified atom stereocenters. The van der Waals surface area contributed by atoms with Crippen LogP contribution in [0.5, 0.6) is 11.5 Å². The molecule has 3 aliphatic rings. The zero-order chi connectivity index (χ0) is 28.7. The van der Waals surface area contributed by atoms with E-state index in [0.717, 1.165) is 0 Å². The summed E-state index contributed by atoms with van der Waals surface area (Å²) in [6.07, 6.45) is -1.98. The number of Topliss-reactive ketones (excluding diaryl/α,β-unsaturated/α-hetero) is 2. The molecule has 1 fully saturated rings. The second kappa shape index (κ2) is 8.40. The molecule has 11 heteroatoms. The summed E-state index contributed by atoms with van der Waals surface area (Å²) in [5.74, 6) is -7.10. The van der Waals surface area contributed by atoms with Crippen molar-refractivity contribution >= 4 is 23.3 Å². The Bertz CT molecular complexity index is 1530. The molecule has 0 heterocycles. The Labute approximate surface area is 221 Å². The monoisotopic (exact) mass is 538 g/mol. The lowest BCUT2D eigenvalue weighted by Gasteiger charge is -2.54. The molecule has 39 heavy (non-hydrogen) atoms. The molecule has 0 amide bonds. The fourth-order valence-electron chi connectivity index (χ4n) is 6.14. The van der Waals surface area contributed by atoms with Gasteiger partial charge in [0.2, 0.25) is 11.4 Å². The number of aromatic hydroxyl groups is 1. The van der Waals surface area contributed by atoms with E-state index in [1.54, 1.807) is 37.3 Å². The lowest BCUT2D eigenvalue weighted by Crippen LogP contribution is -2.72. The summed E-state index contributed by atoms with van der Waals surface area (Å²) < 4.78 is 5.17. The Morgan fingerprint density at radius 1 is 1.03 bits per heavy atom. The van der Waals surface area contributed by atoms with Crippen molar-refractivity contribution in [2.24, 2.45) is 0 Å². The van der Waals surface area contributed by atoms with Crippen molar-refractivity contribution in [1.29, 1.82) is 0 Å². The van der Waals surface area contributed by atoms with Crippen LogP contribution >= 0.6 is 0 Å². The molecule has 0 saturated heterocycles. The summed E-state index contributed by atoms with van der Waals surface area (Å²) in [6.45, 7) is 1.80. The fraction of sp³-hybridized carbons (Fsp3) is 0.321. The average molecular weight is 539 g/mol. The number of aliphatic hydroxyl groups excluding tert-OH is 2. The third-order valence-corrected chi connectivity index (χ3v) is 8.03. The number of carboxylic acid groups (broad SMARTS) is 1. The van der Waals surface area contributed by atoms with E-state index in [1.165, 1.54) is 7.11 Å². The number of fused-ring (bicyclic) bond motifs is 3. The van der Waals surface area contributed by atoms with Gasteiger partial charge < -0.3 is 40.5 Å². The van der Waals surface area contributed by atoms with Crippen LogP contribution in [-0.4, -0.2) is 77.2 Å². The number of hydrogen-bond donors (Lipinski definition) is 7. The number of carbonyl (C=O) groups is 3. The van der Waals surface area contributed by atoms with Gasteiger partial charge in [0.25, 0.3) is 0 Å². The van der Waals surface area contributed by atoms with Crippen LogP contribution in [0.2, 0.25) is 0 Å². The molecular weight excluding hydrogens is 512 g/mol. The van der Waals surface area contributed by atoms with Crippen molar-refractivity contribution in [1.82, 2.24) is 0 Å². The maximum Gasteiger partial charge on any atom is 0.342 e. The number of phenolic OH excluding ortho intramolecular Hbond substituents is 1. The zero-order valence-electron chi connectivity index (χ0n) is 21.0. The number of aliphatic carboxylic acids is 1. The first-order valence-electron chi connectivity index (χ1n) is 12.1. The summed E-state index contributed by atoms with van der Waals surface area (Å²) in [5, 5.41) is 77.0. The summed E-state index contributed by atoms with van der Waals surface area (Å²) in [7, 11) is 1.50. The zero-order valence-corrected chi connectivity index (χ0v) is 21.0. The molecule has 3 aliphatic carbocycles. The maximum atomic E-state index is 13.7. The van der Waals surface area contributed by atoms with Gasteiger partial charge in [-0.3, -0.25) is 9.59 Å². The largest absolute Gasteiger partial charge is 0.508 e. The molecular formula is C28H26O11. The molecule has 11 nitrogen and oxygen atoms in total. The molecule has 0 aromatic heterocycles. The Morgan fingerprint density at radius 2 is 1.67 bits per heavy atom. The normalized spacial score (nSPS) is 28.1. The van der Waals surface area contributed by atoms with Gasteiger partial charge in [0.15, 0.2) is 11.5 Å². The third kappa shape index (κ3) is 3.37. The van der Waals surface area contributed by atoms with Crippen molar-refractivity contribution in [2.75, 3.05) is 7.11 Å². The van der Waals surface area contributed by atoms with Crippen LogP contribution in [0, 0.1) is 0 Å². The molecule has 2 aromatic rings. The molecule has 3 atom stereocenters. The molecule has 0 spiro atoms. The minimum absolute atomic E-state index is 0.184. The summed E-state index contributed by atoms with van der Waals surface area (Å²) in [6, 6.07) is 8.35. The molecule has 204 valence electrons. The van der Waals surface area contributed by atoms with E-state index in [4.69, 9.17) is 4.74 Å². The van der Waals surface area contributed by atoms with Crippen LogP contribution < -0.4 is 4.74 Å². The Morgan fingerprint density at radius 3 is 2.23 bits per heavy atom. The number of ether oxygens (including phenoxy) is 1. The molecule has 0 radical (unpaired) electrons. The molecule has 0 bridgehead atoms. The highest BCUT2D eigenvalue weighted by Crippen LogP contribution is 2.56. The van der Waals surface area contributed by atoms with Crippen molar-refractivity contribution in [3.63, 3.8) is 0 Å². The van der Waals surface area contributed by atoms with E-state index >= 15 is 0 Å². The van der Waals surface area contributed by atoms with E-state index in [-0.39, 0.29) is 11.1 Å². The number of ketones is 2. The minimum Gasteiger partial charge on any atom is -0.508 e. The molecule has 1 saturated carbocycles. The van der Waals surface area contributed by atoms with Crippen molar-refractivity contribution in [3.8, 4) is 22.6 Å². The highest BCUT2D eigenvalue weighted by molar-refractivity contribution is 6.22. The van der Waals surface area contributed by atoms with Gasteiger partial charge in [-0.2, -0.15) is 0 Å². The smallest absolute Gasteiger partial charge is 0.342 e.